The Bertz CT molecular complexity index is 855. The molecule has 1 aliphatic rings. The van der Waals surface area contributed by atoms with Crippen molar-refractivity contribution in [3.05, 3.63) is 64.2 Å². The number of hydrogen-bond donors (Lipinski definition) is 0. The maximum absolute atomic E-state index is 12.7. The molecule has 1 saturated heterocycles. The summed E-state index contributed by atoms with van der Waals surface area (Å²) in [6.07, 6.45) is 1.59. The number of anilines is 1. The first kappa shape index (κ1) is 18.6. The third kappa shape index (κ3) is 3.97. The van der Waals surface area contributed by atoms with Crippen LogP contribution in [0.3, 0.4) is 0 Å². The first-order chi connectivity index (χ1) is 13.0. The largest absolute Gasteiger partial charge is 0.427 e. The normalized spacial score (nSPS) is 17.6. The first-order valence-corrected chi connectivity index (χ1v) is 8.45. The minimum atomic E-state index is -3.16. The van der Waals surface area contributed by atoms with Gasteiger partial charge in [-0.05, 0) is 24.5 Å². The Morgan fingerprint density at radius 2 is 2.00 bits per heavy atom. The molecule has 0 N–H and O–H groups in total. The van der Waals surface area contributed by atoms with E-state index in [9.17, 15) is 24.2 Å². The fraction of sp³-hybridized carbons (Fsp3) is 0.316. The van der Waals surface area contributed by atoms with Crippen LogP contribution in [0.4, 0.5) is 20.2 Å². The summed E-state index contributed by atoms with van der Waals surface area (Å²) >= 11 is 0. The van der Waals surface area contributed by atoms with Crippen molar-refractivity contribution >= 4 is 11.4 Å². The molecule has 140 valence electrons. The topological polar surface area (TPSA) is 79.4 Å². The quantitative estimate of drug-likeness (QED) is 0.551. The molecule has 8 heteroatoms. The van der Waals surface area contributed by atoms with Crippen LogP contribution in [-0.2, 0) is 0 Å². The number of benzene rings is 2. The summed E-state index contributed by atoms with van der Waals surface area (Å²) in [5.41, 5.74) is 0.882. The van der Waals surface area contributed by atoms with E-state index in [1.54, 1.807) is 0 Å². The Balaban J connectivity index is 1.95. The van der Waals surface area contributed by atoms with Gasteiger partial charge in [-0.15, -0.1) is 0 Å². The van der Waals surface area contributed by atoms with E-state index in [0.717, 1.165) is 24.5 Å². The van der Waals surface area contributed by atoms with Gasteiger partial charge < -0.3 is 9.64 Å². The fourth-order valence-electron chi connectivity index (χ4n) is 3.53. The molecule has 0 bridgehead atoms. The van der Waals surface area contributed by atoms with E-state index in [1.165, 1.54) is 12.1 Å². The Hall–Kier alpha value is -3.21. The Labute approximate surface area is 154 Å². The van der Waals surface area contributed by atoms with Gasteiger partial charge in [-0.2, -0.15) is 14.0 Å². The number of rotatable bonds is 6. The van der Waals surface area contributed by atoms with Crippen LogP contribution in [0, 0.1) is 21.4 Å². The SMILES string of the molecule is N#CC(c1ccccc1)C1CCCN1c1ccc([N+](=O)[O-])c(OC(F)F)c1. The molecule has 2 unspecified atom stereocenters. The van der Waals surface area contributed by atoms with Crippen molar-refractivity contribution in [3.63, 3.8) is 0 Å². The highest BCUT2D eigenvalue weighted by molar-refractivity contribution is 5.60. The van der Waals surface area contributed by atoms with E-state index < -0.39 is 28.9 Å². The average molecular weight is 373 g/mol. The number of nitro benzene ring substituents is 1. The number of alkyl halides is 2. The van der Waals surface area contributed by atoms with E-state index in [0.29, 0.717) is 12.2 Å². The second kappa shape index (κ2) is 7.99. The predicted octanol–water partition coefficient (Wildman–Crippen LogP) is 4.47. The Kier molecular flexibility index (Phi) is 5.50. The van der Waals surface area contributed by atoms with Crippen molar-refractivity contribution in [1.82, 2.24) is 0 Å². The molecule has 0 radical (unpaired) electrons. The molecule has 0 spiro atoms. The summed E-state index contributed by atoms with van der Waals surface area (Å²) in [5.74, 6) is -0.880. The van der Waals surface area contributed by atoms with E-state index >= 15 is 0 Å². The van der Waals surface area contributed by atoms with Gasteiger partial charge in [0.2, 0.25) is 5.75 Å². The monoisotopic (exact) mass is 373 g/mol. The van der Waals surface area contributed by atoms with E-state index in [4.69, 9.17) is 0 Å². The first-order valence-electron chi connectivity index (χ1n) is 8.45. The molecule has 1 aliphatic heterocycles. The number of halogens is 2. The van der Waals surface area contributed by atoms with Gasteiger partial charge in [-0.3, -0.25) is 10.1 Å². The average Bonchev–Trinajstić information content (AvgIpc) is 3.12. The zero-order chi connectivity index (χ0) is 19.4. The van der Waals surface area contributed by atoms with E-state index in [-0.39, 0.29) is 6.04 Å². The highest BCUT2D eigenvalue weighted by Crippen LogP contribution is 2.38. The molecular formula is C19H17F2N3O3. The second-order valence-electron chi connectivity index (χ2n) is 6.21. The molecule has 3 rings (SSSR count). The molecule has 27 heavy (non-hydrogen) atoms. The van der Waals surface area contributed by atoms with Crippen molar-refractivity contribution in [3.8, 4) is 11.8 Å². The molecule has 0 amide bonds. The molecule has 0 aliphatic carbocycles. The lowest BCUT2D eigenvalue weighted by atomic mass is 9.91. The molecule has 1 fully saturated rings. The standard InChI is InChI=1S/C19H17F2N3O3/c20-19(21)27-18-11-14(8-9-17(18)24(25)26)23-10-4-7-16(23)15(12-22)13-5-2-1-3-6-13/h1-3,5-6,8-9,11,15-16,19H,4,7,10H2. The molecule has 2 atom stereocenters. The number of ether oxygens (including phenoxy) is 1. The van der Waals surface area contributed by atoms with Crippen LogP contribution in [0.5, 0.6) is 5.75 Å². The van der Waals surface area contributed by atoms with Crippen molar-refractivity contribution in [2.45, 2.75) is 31.4 Å². The van der Waals surface area contributed by atoms with Crippen molar-refractivity contribution < 1.29 is 18.4 Å². The van der Waals surface area contributed by atoms with Crippen molar-refractivity contribution in [2.24, 2.45) is 0 Å². The van der Waals surface area contributed by atoms with Crippen LogP contribution in [-0.4, -0.2) is 24.1 Å². The summed E-state index contributed by atoms with van der Waals surface area (Å²) in [5, 5.41) is 20.8. The lowest BCUT2D eigenvalue weighted by Gasteiger charge is -2.30. The molecule has 2 aromatic carbocycles. The molecule has 2 aromatic rings. The van der Waals surface area contributed by atoms with Gasteiger partial charge in [0.15, 0.2) is 0 Å². The van der Waals surface area contributed by atoms with Crippen LogP contribution in [0.2, 0.25) is 0 Å². The highest BCUT2D eigenvalue weighted by atomic mass is 19.3. The van der Waals surface area contributed by atoms with E-state index in [2.05, 4.69) is 10.8 Å². The van der Waals surface area contributed by atoms with Crippen LogP contribution in [0.15, 0.2) is 48.5 Å². The molecule has 0 saturated carbocycles. The summed E-state index contributed by atoms with van der Waals surface area (Å²) in [7, 11) is 0. The van der Waals surface area contributed by atoms with Crippen LogP contribution in [0.25, 0.3) is 0 Å². The summed E-state index contributed by atoms with van der Waals surface area (Å²) < 4.78 is 29.7. The summed E-state index contributed by atoms with van der Waals surface area (Å²) in [6.45, 7) is -2.54. The van der Waals surface area contributed by atoms with Crippen LogP contribution < -0.4 is 9.64 Å². The van der Waals surface area contributed by atoms with Crippen molar-refractivity contribution in [2.75, 3.05) is 11.4 Å². The Morgan fingerprint density at radius 3 is 2.63 bits per heavy atom. The zero-order valence-corrected chi connectivity index (χ0v) is 14.3. The third-order valence-electron chi connectivity index (χ3n) is 4.67. The molecule has 1 heterocycles. The number of nitro groups is 1. The lowest BCUT2D eigenvalue weighted by Crippen LogP contribution is -2.34. The molecular weight excluding hydrogens is 356 g/mol. The molecule has 6 nitrogen and oxygen atoms in total. The third-order valence-corrected chi connectivity index (χ3v) is 4.67. The zero-order valence-electron chi connectivity index (χ0n) is 14.3. The van der Waals surface area contributed by atoms with Gasteiger partial charge in [0.05, 0.1) is 16.9 Å². The van der Waals surface area contributed by atoms with Crippen molar-refractivity contribution in [1.29, 1.82) is 5.26 Å². The minimum absolute atomic E-state index is 0.154. The lowest BCUT2D eigenvalue weighted by molar-refractivity contribution is -0.386. The second-order valence-corrected chi connectivity index (χ2v) is 6.21. The predicted molar refractivity (Wildman–Crippen MR) is 94.9 cm³/mol. The number of nitriles is 1. The fourth-order valence-corrected chi connectivity index (χ4v) is 3.53. The number of hydrogen-bond acceptors (Lipinski definition) is 5. The van der Waals surface area contributed by atoms with Crippen LogP contribution >= 0.6 is 0 Å². The molecule has 0 aromatic heterocycles. The minimum Gasteiger partial charge on any atom is -0.427 e. The smallest absolute Gasteiger partial charge is 0.387 e. The maximum Gasteiger partial charge on any atom is 0.387 e. The van der Waals surface area contributed by atoms with Gasteiger partial charge in [-0.25, -0.2) is 0 Å². The van der Waals surface area contributed by atoms with Gasteiger partial charge in [0.25, 0.3) is 0 Å². The van der Waals surface area contributed by atoms with Gasteiger partial charge in [-0.1, -0.05) is 30.3 Å². The van der Waals surface area contributed by atoms with Gasteiger partial charge >= 0.3 is 12.3 Å². The Morgan fingerprint density at radius 1 is 1.26 bits per heavy atom. The van der Waals surface area contributed by atoms with E-state index in [1.807, 2.05) is 35.2 Å². The maximum atomic E-state index is 12.7. The summed E-state index contributed by atoms with van der Waals surface area (Å²) in [4.78, 5) is 12.2. The van der Waals surface area contributed by atoms with Crippen LogP contribution in [0.1, 0.15) is 24.3 Å². The summed E-state index contributed by atoms with van der Waals surface area (Å²) in [6, 6.07) is 15.5. The van der Waals surface area contributed by atoms with Gasteiger partial charge in [0, 0.05) is 30.4 Å². The highest BCUT2D eigenvalue weighted by Gasteiger charge is 2.34. The van der Waals surface area contributed by atoms with Gasteiger partial charge in [0.1, 0.15) is 0 Å². The number of nitrogens with zero attached hydrogens (tertiary/aromatic N) is 3.